The van der Waals surface area contributed by atoms with Crippen LogP contribution in [0, 0.1) is 0 Å². The van der Waals surface area contributed by atoms with Crippen LogP contribution < -0.4 is 0 Å². The Balaban J connectivity index is 1.54. The van der Waals surface area contributed by atoms with E-state index in [4.69, 9.17) is 0 Å². The van der Waals surface area contributed by atoms with Crippen LogP contribution in [0.5, 0.6) is 0 Å². The van der Waals surface area contributed by atoms with Crippen LogP contribution in [0.4, 0.5) is 0 Å². The molecule has 0 saturated carbocycles. The summed E-state index contributed by atoms with van der Waals surface area (Å²) in [6.07, 6.45) is 5.63. The molecule has 0 unspecified atom stereocenters. The van der Waals surface area contributed by atoms with Gasteiger partial charge in [0.1, 0.15) is 11.5 Å². The Morgan fingerprint density at radius 1 is 1.12 bits per heavy atom. The molecular weight excluding hydrogens is 312 g/mol. The van der Waals surface area contributed by atoms with Gasteiger partial charge in [0.25, 0.3) is 5.91 Å². The summed E-state index contributed by atoms with van der Waals surface area (Å²) >= 11 is 0. The Morgan fingerprint density at radius 2 is 2.00 bits per heavy atom. The molecular formula is C20H20N4O. The van der Waals surface area contributed by atoms with Crippen molar-refractivity contribution in [2.24, 2.45) is 0 Å². The third-order valence-electron chi connectivity index (χ3n) is 4.65. The summed E-state index contributed by atoms with van der Waals surface area (Å²) < 4.78 is 0. The van der Waals surface area contributed by atoms with Crippen molar-refractivity contribution in [1.29, 1.82) is 0 Å². The molecule has 3 heterocycles. The number of nitrogens with zero attached hydrogens (tertiary/aromatic N) is 3. The standard InChI is InChI=1S/C20H20N4O/c25-20(24-13-5-8-16(14-24)19-21-11-12-22-19)18-10-4-9-17(23-18)15-6-2-1-3-7-15/h1-4,6-7,9-12,16H,5,8,13-14H2,(H,21,22)/t16-/m1/s1. The fraction of sp³-hybridized carbons (Fsp3) is 0.250. The molecule has 1 aromatic carbocycles. The van der Waals surface area contributed by atoms with Gasteiger partial charge in [-0.1, -0.05) is 36.4 Å². The second-order valence-corrected chi connectivity index (χ2v) is 6.34. The number of aromatic nitrogens is 3. The second-order valence-electron chi connectivity index (χ2n) is 6.34. The number of aromatic amines is 1. The average Bonchev–Trinajstić information content (AvgIpc) is 3.23. The molecule has 0 aliphatic carbocycles. The number of carbonyl (C=O) groups is 1. The van der Waals surface area contributed by atoms with Crippen LogP contribution >= 0.6 is 0 Å². The van der Waals surface area contributed by atoms with Gasteiger partial charge >= 0.3 is 0 Å². The number of H-pyrrole nitrogens is 1. The van der Waals surface area contributed by atoms with Crippen molar-refractivity contribution in [2.45, 2.75) is 18.8 Å². The highest BCUT2D eigenvalue weighted by atomic mass is 16.2. The number of piperidine rings is 1. The number of pyridine rings is 1. The fourth-order valence-electron chi connectivity index (χ4n) is 3.37. The van der Waals surface area contributed by atoms with Crippen molar-refractivity contribution >= 4 is 5.91 Å². The highest BCUT2D eigenvalue weighted by Crippen LogP contribution is 2.25. The number of hydrogen-bond acceptors (Lipinski definition) is 3. The molecule has 0 radical (unpaired) electrons. The van der Waals surface area contributed by atoms with Crippen LogP contribution in [0.3, 0.4) is 0 Å². The van der Waals surface area contributed by atoms with Crippen LogP contribution in [0.15, 0.2) is 60.9 Å². The van der Waals surface area contributed by atoms with Gasteiger partial charge in [0.05, 0.1) is 5.69 Å². The minimum absolute atomic E-state index is 0.00552. The van der Waals surface area contributed by atoms with E-state index in [9.17, 15) is 4.79 Å². The van der Waals surface area contributed by atoms with E-state index in [0.29, 0.717) is 12.2 Å². The van der Waals surface area contributed by atoms with E-state index < -0.39 is 0 Å². The third kappa shape index (κ3) is 3.31. The molecule has 25 heavy (non-hydrogen) atoms. The van der Waals surface area contributed by atoms with E-state index >= 15 is 0 Å². The predicted molar refractivity (Wildman–Crippen MR) is 96.1 cm³/mol. The van der Waals surface area contributed by atoms with Gasteiger partial charge < -0.3 is 9.88 Å². The zero-order valence-electron chi connectivity index (χ0n) is 13.9. The monoisotopic (exact) mass is 332 g/mol. The van der Waals surface area contributed by atoms with Crippen molar-refractivity contribution in [3.05, 3.63) is 72.4 Å². The Hall–Kier alpha value is -2.95. The van der Waals surface area contributed by atoms with Gasteiger partial charge in [0.15, 0.2) is 0 Å². The lowest BCUT2D eigenvalue weighted by Gasteiger charge is -2.31. The lowest BCUT2D eigenvalue weighted by molar-refractivity contribution is 0.0699. The molecule has 1 aliphatic rings. The molecule has 126 valence electrons. The smallest absolute Gasteiger partial charge is 0.272 e. The van der Waals surface area contributed by atoms with E-state index in [2.05, 4.69) is 15.0 Å². The maximum atomic E-state index is 12.9. The van der Waals surface area contributed by atoms with Gasteiger partial charge in [-0.3, -0.25) is 4.79 Å². The van der Waals surface area contributed by atoms with Crippen LogP contribution in [0.1, 0.15) is 35.1 Å². The minimum atomic E-state index is -0.00552. The molecule has 1 atom stereocenters. The number of hydrogen-bond donors (Lipinski definition) is 1. The van der Waals surface area contributed by atoms with E-state index in [1.54, 1.807) is 12.3 Å². The summed E-state index contributed by atoms with van der Waals surface area (Å²) in [5.41, 5.74) is 2.34. The largest absolute Gasteiger partial charge is 0.348 e. The van der Waals surface area contributed by atoms with Crippen molar-refractivity contribution in [2.75, 3.05) is 13.1 Å². The molecule has 1 fully saturated rings. The molecule has 3 aromatic rings. The molecule has 5 heteroatoms. The van der Waals surface area contributed by atoms with Crippen LogP contribution in [-0.4, -0.2) is 38.8 Å². The number of imidazole rings is 1. The molecule has 2 aromatic heterocycles. The quantitative estimate of drug-likeness (QED) is 0.798. The number of benzene rings is 1. The molecule has 1 saturated heterocycles. The third-order valence-corrected chi connectivity index (χ3v) is 4.65. The molecule has 0 spiro atoms. The molecule has 1 amide bonds. The second kappa shape index (κ2) is 6.89. The minimum Gasteiger partial charge on any atom is -0.348 e. The topological polar surface area (TPSA) is 61.9 Å². The Kier molecular flexibility index (Phi) is 4.29. The van der Waals surface area contributed by atoms with Crippen LogP contribution in [-0.2, 0) is 0 Å². The van der Waals surface area contributed by atoms with Gasteiger partial charge in [0.2, 0.25) is 0 Å². The Morgan fingerprint density at radius 3 is 2.80 bits per heavy atom. The van der Waals surface area contributed by atoms with Gasteiger partial charge in [-0.25, -0.2) is 9.97 Å². The number of carbonyl (C=O) groups excluding carboxylic acids is 1. The summed E-state index contributed by atoms with van der Waals surface area (Å²) in [5, 5.41) is 0. The van der Waals surface area contributed by atoms with E-state index in [1.165, 1.54) is 0 Å². The van der Waals surface area contributed by atoms with Gasteiger partial charge in [-0.05, 0) is 25.0 Å². The molecule has 4 rings (SSSR count). The van der Waals surface area contributed by atoms with Crippen molar-refractivity contribution in [3.63, 3.8) is 0 Å². The number of rotatable bonds is 3. The van der Waals surface area contributed by atoms with Crippen molar-refractivity contribution in [3.8, 4) is 11.3 Å². The summed E-state index contributed by atoms with van der Waals surface area (Å²) in [7, 11) is 0. The molecule has 0 bridgehead atoms. The first-order valence-corrected chi connectivity index (χ1v) is 8.62. The summed E-state index contributed by atoms with van der Waals surface area (Å²) in [6.45, 7) is 1.46. The fourth-order valence-corrected chi connectivity index (χ4v) is 3.37. The van der Waals surface area contributed by atoms with Crippen molar-refractivity contribution < 1.29 is 4.79 Å². The molecule has 5 nitrogen and oxygen atoms in total. The highest BCUT2D eigenvalue weighted by molar-refractivity contribution is 5.93. The molecule has 1 N–H and O–H groups in total. The molecule has 1 aliphatic heterocycles. The van der Waals surface area contributed by atoms with E-state index in [0.717, 1.165) is 36.5 Å². The number of likely N-dealkylation sites (tertiary alicyclic amines) is 1. The SMILES string of the molecule is O=C(c1cccc(-c2ccccc2)n1)N1CCC[C@@H](c2ncc[nH]2)C1. The first kappa shape index (κ1) is 15.6. The highest BCUT2D eigenvalue weighted by Gasteiger charge is 2.27. The Bertz CT molecular complexity index is 845. The first-order chi connectivity index (χ1) is 12.3. The van der Waals surface area contributed by atoms with Gasteiger partial charge in [-0.15, -0.1) is 0 Å². The average molecular weight is 332 g/mol. The van der Waals surface area contributed by atoms with Crippen LogP contribution in [0.25, 0.3) is 11.3 Å². The summed E-state index contributed by atoms with van der Waals surface area (Å²) in [4.78, 5) is 26.9. The maximum absolute atomic E-state index is 12.9. The number of amides is 1. The zero-order chi connectivity index (χ0) is 17.1. The van der Waals surface area contributed by atoms with E-state index in [-0.39, 0.29) is 11.8 Å². The van der Waals surface area contributed by atoms with Crippen molar-refractivity contribution in [1.82, 2.24) is 19.9 Å². The number of nitrogens with one attached hydrogen (secondary N) is 1. The lowest BCUT2D eigenvalue weighted by atomic mass is 9.97. The first-order valence-electron chi connectivity index (χ1n) is 8.62. The summed E-state index contributed by atoms with van der Waals surface area (Å²) in [6, 6.07) is 15.6. The van der Waals surface area contributed by atoms with Gasteiger partial charge in [0, 0.05) is 37.0 Å². The predicted octanol–water partition coefficient (Wildman–Crippen LogP) is 3.49. The zero-order valence-corrected chi connectivity index (χ0v) is 13.9. The van der Waals surface area contributed by atoms with E-state index in [1.807, 2.05) is 53.6 Å². The summed E-state index contributed by atoms with van der Waals surface area (Å²) in [5.74, 6) is 1.22. The normalized spacial score (nSPS) is 17.4. The van der Waals surface area contributed by atoms with Gasteiger partial charge in [-0.2, -0.15) is 0 Å². The lowest BCUT2D eigenvalue weighted by Crippen LogP contribution is -2.39. The Labute approximate surface area is 146 Å². The maximum Gasteiger partial charge on any atom is 0.272 e. The van der Waals surface area contributed by atoms with Crippen LogP contribution in [0.2, 0.25) is 0 Å².